The number of carbonyl (C=O) groups is 1. The van der Waals surface area contributed by atoms with E-state index >= 15 is 0 Å². The van der Waals surface area contributed by atoms with Crippen LogP contribution in [0.4, 0.5) is 4.39 Å². The van der Waals surface area contributed by atoms with Gasteiger partial charge in [-0.2, -0.15) is 0 Å². The first-order valence-corrected chi connectivity index (χ1v) is 7.01. The second-order valence-electron chi connectivity index (χ2n) is 5.19. The van der Waals surface area contributed by atoms with E-state index < -0.39 is 6.10 Å². The third-order valence-electron chi connectivity index (χ3n) is 3.47. The molecule has 1 aliphatic rings. The van der Waals surface area contributed by atoms with Crippen LogP contribution in [0.15, 0.2) is 48.5 Å². The molecule has 114 valence electrons. The largest absolute Gasteiger partial charge is 0.485 e. The van der Waals surface area contributed by atoms with Crippen LogP contribution in [0.25, 0.3) is 0 Å². The lowest BCUT2D eigenvalue weighted by Gasteiger charge is -2.28. The van der Waals surface area contributed by atoms with Gasteiger partial charge in [-0.15, -0.1) is 0 Å². The van der Waals surface area contributed by atoms with E-state index in [0.717, 1.165) is 5.56 Å². The Morgan fingerprint density at radius 1 is 1.23 bits per heavy atom. The van der Waals surface area contributed by atoms with E-state index in [4.69, 9.17) is 9.47 Å². The number of hydrogen-bond acceptors (Lipinski definition) is 3. The Bertz CT molecular complexity index is 689. The van der Waals surface area contributed by atoms with Gasteiger partial charge in [-0.25, -0.2) is 4.39 Å². The lowest BCUT2D eigenvalue weighted by molar-refractivity contribution is -0.140. The first-order chi connectivity index (χ1) is 10.6. The van der Waals surface area contributed by atoms with Gasteiger partial charge in [-0.3, -0.25) is 4.79 Å². The molecule has 0 unspecified atom stereocenters. The molecule has 1 aliphatic heterocycles. The van der Waals surface area contributed by atoms with Gasteiger partial charge in [0.1, 0.15) is 12.4 Å². The highest BCUT2D eigenvalue weighted by Gasteiger charge is 2.29. The van der Waals surface area contributed by atoms with E-state index in [1.807, 2.05) is 12.1 Å². The zero-order valence-electron chi connectivity index (χ0n) is 12.2. The normalized spacial score (nSPS) is 16.2. The summed E-state index contributed by atoms with van der Waals surface area (Å²) in [4.78, 5) is 13.9. The predicted molar refractivity (Wildman–Crippen MR) is 79.2 cm³/mol. The molecule has 0 radical (unpaired) electrons. The lowest BCUT2D eigenvalue weighted by atomic mass is 10.2. The molecule has 1 heterocycles. The second kappa shape index (κ2) is 6.05. The van der Waals surface area contributed by atoms with Crippen LogP contribution < -0.4 is 9.47 Å². The van der Waals surface area contributed by atoms with Gasteiger partial charge in [-0.1, -0.05) is 24.3 Å². The van der Waals surface area contributed by atoms with Crippen molar-refractivity contribution in [2.75, 3.05) is 13.7 Å². The summed E-state index contributed by atoms with van der Waals surface area (Å²) in [5.74, 6) is 0.689. The molecule has 0 saturated heterocycles. The van der Waals surface area contributed by atoms with Crippen LogP contribution in [0, 0.1) is 5.82 Å². The number of benzene rings is 2. The van der Waals surface area contributed by atoms with Crippen molar-refractivity contribution in [3.8, 4) is 11.5 Å². The molecule has 5 heteroatoms. The molecule has 2 aromatic rings. The van der Waals surface area contributed by atoms with Crippen LogP contribution in [0.3, 0.4) is 0 Å². The fourth-order valence-corrected chi connectivity index (χ4v) is 2.37. The van der Waals surface area contributed by atoms with Crippen molar-refractivity contribution in [2.45, 2.75) is 12.6 Å². The zero-order chi connectivity index (χ0) is 15.5. The number of carbonyl (C=O) groups excluding carboxylic acids is 1. The van der Waals surface area contributed by atoms with Crippen LogP contribution >= 0.6 is 0 Å². The van der Waals surface area contributed by atoms with Crippen molar-refractivity contribution >= 4 is 5.91 Å². The highest BCUT2D eigenvalue weighted by molar-refractivity contribution is 5.81. The molecule has 3 rings (SSSR count). The first-order valence-electron chi connectivity index (χ1n) is 7.01. The molecule has 0 fully saturated rings. The van der Waals surface area contributed by atoms with Crippen LogP contribution in [0.1, 0.15) is 5.56 Å². The molecule has 0 aromatic heterocycles. The summed E-state index contributed by atoms with van der Waals surface area (Å²) in [5.41, 5.74) is 0.730. The number of hydrogen-bond donors (Lipinski definition) is 0. The molecule has 0 spiro atoms. The van der Waals surface area contributed by atoms with Crippen molar-refractivity contribution in [3.05, 3.63) is 59.9 Å². The van der Waals surface area contributed by atoms with Crippen LogP contribution in [0.2, 0.25) is 0 Å². The average Bonchev–Trinajstić information content (AvgIpc) is 2.53. The molecule has 0 N–H and O–H groups in total. The van der Waals surface area contributed by atoms with Gasteiger partial charge >= 0.3 is 0 Å². The summed E-state index contributed by atoms with van der Waals surface area (Å²) >= 11 is 0. The number of ether oxygens (including phenoxy) is 2. The van der Waals surface area contributed by atoms with Crippen molar-refractivity contribution in [1.29, 1.82) is 0 Å². The summed E-state index contributed by atoms with van der Waals surface area (Å²) < 4.78 is 24.4. The zero-order valence-corrected chi connectivity index (χ0v) is 12.2. The standard InChI is InChI=1S/C17H16FNO3/c1-19(10-12-5-4-6-13(18)9-12)17(20)16-11-21-14-7-2-3-8-15(14)22-16/h2-9,16H,10-11H2,1H3/t16-/m1/s1. The summed E-state index contributed by atoms with van der Waals surface area (Å²) in [6.07, 6.45) is -0.687. The van der Waals surface area contributed by atoms with E-state index in [1.165, 1.54) is 17.0 Å². The van der Waals surface area contributed by atoms with Crippen molar-refractivity contribution in [3.63, 3.8) is 0 Å². The molecule has 1 atom stereocenters. The van der Waals surface area contributed by atoms with Gasteiger partial charge in [0.15, 0.2) is 11.5 Å². The maximum Gasteiger partial charge on any atom is 0.267 e. The highest BCUT2D eigenvalue weighted by Crippen LogP contribution is 2.31. The minimum Gasteiger partial charge on any atom is -0.485 e. The molecule has 0 saturated carbocycles. The Balaban J connectivity index is 1.67. The number of rotatable bonds is 3. The first kappa shape index (κ1) is 14.4. The van der Waals surface area contributed by atoms with Crippen LogP contribution in [-0.2, 0) is 11.3 Å². The van der Waals surface area contributed by atoms with Gasteiger partial charge in [-0.05, 0) is 29.8 Å². The Morgan fingerprint density at radius 2 is 2.00 bits per heavy atom. The SMILES string of the molecule is CN(Cc1cccc(F)c1)C(=O)[C@H]1COc2ccccc2O1. The summed E-state index contributed by atoms with van der Waals surface area (Å²) in [7, 11) is 1.66. The van der Waals surface area contributed by atoms with E-state index in [2.05, 4.69) is 0 Å². The molecule has 4 nitrogen and oxygen atoms in total. The quantitative estimate of drug-likeness (QED) is 0.875. The van der Waals surface area contributed by atoms with E-state index in [1.54, 1.807) is 31.3 Å². The highest BCUT2D eigenvalue weighted by atomic mass is 19.1. The second-order valence-corrected chi connectivity index (χ2v) is 5.19. The Morgan fingerprint density at radius 3 is 2.77 bits per heavy atom. The predicted octanol–water partition coefficient (Wildman–Crippen LogP) is 2.62. The lowest BCUT2D eigenvalue weighted by Crippen LogP contribution is -2.44. The summed E-state index contributed by atoms with van der Waals surface area (Å²) in [6, 6.07) is 13.4. The van der Waals surface area contributed by atoms with Crippen molar-refractivity contribution < 1.29 is 18.7 Å². The number of likely N-dealkylation sites (N-methyl/N-ethyl adjacent to an activating group) is 1. The van der Waals surface area contributed by atoms with Crippen molar-refractivity contribution in [2.24, 2.45) is 0 Å². The molecule has 0 bridgehead atoms. The number of amides is 1. The minimum absolute atomic E-state index is 0.170. The van der Waals surface area contributed by atoms with E-state index in [0.29, 0.717) is 18.0 Å². The third kappa shape index (κ3) is 3.03. The molecule has 22 heavy (non-hydrogen) atoms. The van der Waals surface area contributed by atoms with Gasteiger partial charge in [0.05, 0.1) is 0 Å². The van der Waals surface area contributed by atoms with Crippen LogP contribution in [-0.4, -0.2) is 30.6 Å². The average molecular weight is 301 g/mol. The fraction of sp³-hybridized carbons (Fsp3) is 0.235. The molecular formula is C17H16FNO3. The van der Waals surface area contributed by atoms with Gasteiger partial charge < -0.3 is 14.4 Å². The maximum absolute atomic E-state index is 13.2. The molecule has 0 aliphatic carbocycles. The van der Waals surface area contributed by atoms with Gasteiger partial charge in [0.2, 0.25) is 6.10 Å². The van der Waals surface area contributed by atoms with Gasteiger partial charge in [0.25, 0.3) is 5.91 Å². The number of nitrogens with zero attached hydrogens (tertiary/aromatic N) is 1. The number of fused-ring (bicyclic) bond motifs is 1. The minimum atomic E-state index is -0.687. The molecule has 1 amide bonds. The van der Waals surface area contributed by atoms with Crippen molar-refractivity contribution in [1.82, 2.24) is 4.90 Å². The fourth-order valence-electron chi connectivity index (χ4n) is 2.37. The smallest absolute Gasteiger partial charge is 0.267 e. The monoisotopic (exact) mass is 301 g/mol. The van der Waals surface area contributed by atoms with E-state index in [9.17, 15) is 9.18 Å². The Hall–Kier alpha value is -2.56. The third-order valence-corrected chi connectivity index (χ3v) is 3.47. The molecule has 2 aromatic carbocycles. The summed E-state index contributed by atoms with van der Waals surface area (Å²) in [5, 5.41) is 0. The Labute approximate surface area is 128 Å². The molecular weight excluding hydrogens is 285 g/mol. The maximum atomic E-state index is 13.2. The Kier molecular flexibility index (Phi) is 3.96. The topological polar surface area (TPSA) is 38.8 Å². The van der Waals surface area contributed by atoms with Gasteiger partial charge in [0, 0.05) is 13.6 Å². The number of halogens is 1. The van der Waals surface area contributed by atoms with Crippen LogP contribution in [0.5, 0.6) is 11.5 Å². The summed E-state index contributed by atoms with van der Waals surface area (Å²) in [6.45, 7) is 0.488. The number of para-hydroxylation sites is 2. The van der Waals surface area contributed by atoms with E-state index in [-0.39, 0.29) is 18.3 Å².